The normalized spacial score (nSPS) is 11.4. The van der Waals surface area contributed by atoms with E-state index in [1.807, 2.05) is 13.8 Å². The first-order valence-corrected chi connectivity index (χ1v) is 13.4. The third-order valence-electron chi connectivity index (χ3n) is 6.54. The Morgan fingerprint density at radius 1 is 1.07 bits per heavy atom. The van der Waals surface area contributed by atoms with E-state index in [1.54, 1.807) is 7.05 Å². The summed E-state index contributed by atoms with van der Waals surface area (Å²) in [6.45, 7) is 3.75. The molecule has 2 rings (SSSR count). The summed E-state index contributed by atoms with van der Waals surface area (Å²) in [4.78, 5) is 90.9. The van der Waals surface area contributed by atoms with Crippen LogP contribution >= 0.6 is 0 Å². The van der Waals surface area contributed by atoms with Gasteiger partial charge in [-0.05, 0) is 24.5 Å². The van der Waals surface area contributed by atoms with Crippen LogP contribution in [0.3, 0.4) is 0 Å². The number of hydrogen-bond donors (Lipinski definition) is 4. The fourth-order valence-corrected chi connectivity index (χ4v) is 3.81. The molecule has 4 N–H and O–H groups in total. The molecule has 0 aliphatic carbocycles. The SMILES string of the molecule is CCC(CC)CNC(=O)Cn1cccc(NC(=O)[C@H](CCC(=O)C(=O)NCC(=O)OC)NC(=O)c2cncn2C)c1=O. The minimum atomic E-state index is -1.35. The molecule has 15 nitrogen and oxygen atoms in total. The highest BCUT2D eigenvalue weighted by Crippen LogP contribution is 2.08. The van der Waals surface area contributed by atoms with Crippen LogP contribution in [0.2, 0.25) is 0 Å². The van der Waals surface area contributed by atoms with E-state index < -0.39 is 54.0 Å². The molecule has 0 radical (unpaired) electrons. The van der Waals surface area contributed by atoms with Gasteiger partial charge in [-0.3, -0.25) is 33.6 Å². The molecule has 0 unspecified atom stereocenters. The maximum Gasteiger partial charge on any atom is 0.325 e. The lowest BCUT2D eigenvalue weighted by Crippen LogP contribution is -2.46. The van der Waals surface area contributed by atoms with Crippen LogP contribution in [0.25, 0.3) is 0 Å². The molecule has 2 heterocycles. The monoisotopic (exact) mass is 587 g/mol. The van der Waals surface area contributed by atoms with Gasteiger partial charge in [0.1, 0.15) is 30.5 Å². The standard InChI is InChI=1S/C27H37N7O8/c1-5-17(6-2)12-29-22(36)15-34-11-7-8-19(27(34)41)32-24(38)18(31-25(39)20-13-28-16-33(20)3)9-10-21(35)26(40)30-14-23(37)42-4/h7-8,11,13,16-18H,5-6,9-10,12,14-15H2,1-4H3,(H,29,36)(H,30,40)(H,31,39)(H,32,38)/t18-/m0/s1. The number of Topliss-reactive ketones (excluding diaryl/α,β-unsaturated/α-hetero) is 1. The molecular weight excluding hydrogens is 550 g/mol. The molecule has 4 amide bonds. The second-order valence-corrected chi connectivity index (χ2v) is 9.47. The molecule has 228 valence electrons. The quantitative estimate of drug-likeness (QED) is 0.148. The van der Waals surface area contributed by atoms with E-state index in [-0.39, 0.29) is 30.3 Å². The first-order valence-electron chi connectivity index (χ1n) is 13.4. The van der Waals surface area contributed by atoms with Crippen molar-refractivity contribution in [1.29, 1.82) is 0 Å². The van der Waals surface area contributed by atoms with Gasteiger partial charge in [-0.25, -0.2) is 4.98 Å². The van der Waals surface area contributed by atoms with Gasteiger partial charge in [0.2, 0.25) is 17.6 Å². The van der Waals surface area contributed by atoms with E-state index in [2.05, 4.69) is 31.0 Å². The van der Waals surface area contributed by atoms with Gasteiger partial charge in [-0.15, -0.1) is 0 Å². The Morgan fingerprint density at radius 2 is 1.79 bits per heavy atom. The molecule has 0 saturated heterocycles. The third kappa shape index (κ3) is 9.98. The summed E-state index contributed by atoms with van der Waals surface area (Å²) in [5, 5.41) is 9.85. The number of nitrogens with one attached hydrogen (secondary N) is 4. The molecule has 0 bridgehead atoms. The Hall–Kier alpha value is -4.82. The Kier molecular flexibility index (Phi) is 13.1. The van der Waals surface area contributed by atoms with Crippen LogP contribution in [0, 0.1) is 5.92 Å². The van der Waals surface area contributed by atoms with Gasteiger partial charge in [-0.2, -0.15) is 0 Å². The number of amides is 4. The number of ether oxygens (including phenoxy) is 1. The molecule has 2 aromatic rings. The van der Waals surface area contributed by atoms with Crippen molar-refractivity contribution in [2.45, 2.75) is 52.1 Å². The number of ketones is 1. The number of pyridine rings is 1. The zero-order chi connectivity index (χ0) is 31.2. The van der Waals surface area contributed by atoms with Crippen LogP contribution in [0.15, 0.2) is 35.6 Å². The number of rotatable bonds is 16. The highest BCUT2D eigenvalue weighted by atomic mass is 16.5. The zero-order valence-electron chi connectivity index (χ0n) is 24.1. The van der Waals surface area contributed by atoms with E-state index in [4.69, 9.17) is 0 Å². The average molecular weight is 588 g/mol. The highest BCUT2D eigenvalue weighted by molar-refractivity contribution is 6.36. The van der Waals surface area contributed by atoms with Gasteiger partial charge in [0.15, 0.2) is 0 Å². The van der Waals surface area contributed by atoms with Crippen LogP contribution in [-0.2, 0) is 42.3 Å². The summed E-state index contributed by atoms with van der Waals surface area (Å²) in [6, 6.07) is 1.47. The van der Waals surface area contributed by atoms with Gasteiger partial charge in [0.25, 0.3) is 17.4 Å². The fraction of sp³-hybridized carbons (Fsp3) is 0.481. The summed E-state index contributed by atoms with van der Waals surface area (Å²) in [7, 11) is 2.69. The van der Waals surface area contributed by atoms with Crippen LogP contribution in [0.4, 0.5) is 5.69 Å². The topological polar surface area (TPSA) is 200 Å². The van der Waals surface area contributed by atoms with Crippen molar-refractivity contribution < 1.29 is 33.5 Å². The van der Waals surface area contributed by atoms with E-state index in [0.29, 0.717) is 12.5 Å². The summed E-state index contributed by atoms with van der Waals surface area (Å²) in [5.74, 6) is -4.31. The van der Waals surface area contributed by atoms with Crippen molar-refractivity contribution in [1.82, 2.24) is 30.1 Å². The van der Waals surface area contributed by atoms with Crippen molar-refractivity contribution in [3.05, 3.63) is 46.9 Å². The van der Waals surface area contributed by atoms with Gasteiger partial charge < -0.3 is 35.1 Å². The third-order valence-corrected chi connectivity index (χ3v) is 6.54. The smallest absolute Gasteiger partial charge is 0.325 e. The average Bonchev–Trinajstić information content (AvgIpc) is 3.41. The first kappa shape index (κ1) is 33.4. The van der Waals surface area contributed by atoms with E-state index in [1.165, 1.54) is 35.4 Å². The van der Waals surface area contributed by atoms with Crippen molar-refractivity contribution in [2.24, 2.45) is 13.0 Å². The molecular formula is C27H37N7O8. The predicted octanol–water partition coefficient (Wildman–Crippen LogP) is -0.490. The number of hydrogen-bond acceptors (Lipinski definition) is 9. The summed E-state index contributed by atoms with van der Waals surface area (Å²) in [5.41, 5.74) is -0.688. The Labute approximate surface area is 242 Å². The number of nitrogens with zero attached hydrogens (tertiary/aromatic N) is 3. The first-order chi connectivity index (χ1) is 20.0. The maximum atomic E-state index is 13.2. The van der Waals surface area contributed by atoms with Crippen molar-refractivity contribution in [3.63, 3.8) is 0 Å². The largest absolute Gasteiger partial charge is 0.468 e. The number of carbonyl (C=O) groups excluding carboxylic acids is 6. The lowest BCUT2D eigenvalue weighted by atomic mass is 10.0. The lowest BCUT2D eigenvalue weighted by Gasteiger charge is -2.18. The highest BCUT2D eigenvalue weighted by Gasteiger charge is 2.26. The van der Waals surface area contributed by atoms with Gasteiger partial charge >= 0.3 is 5.97 Å². The minimum Gasteiger partial charge on any atom is -0.468 e. The van der Waals surface area contributed by atoms with Gasteiger partial charge in [0.05, 0.1) is 19.6 Å². The van der Waals surface area contributed by atoms with Gasteiger partial charge in [0, 0.05) is 26.2 Å². The maximum absolute atomic E-state index is 13.2. The number of carbonyl (C=O) groups is 6. The number of anilines is 1. The number of imidazole rings is 1. The number of aromatic nitrogens is 3. The molecule has 0 aliphatic heterocycles. The Bertz CT molecular complexity index is 1350. The molecule has 0 spiro atoms. The number of aryl methyl sites for hydroxylation is 1. The second kappa shape index (κ2) is 16.4. The van der Waals surface area contributed by atoms with Crippen LogP contribution in [0.5, 0.6) is 0 Å². The summed E-state index contributed by atoms with van der Waals surface area (Å²) < 4.78 is 6.96. The van der Waals surface area contributed by atoms with Crippen LogP contribution in [-0.4, -0.2) is 75.7 Å². The molecule has 0 saturated carbocycles. The second-order valence-electron chi connectivity index (χ2n) is 9.47. The Morgan fingerprint density at radius 3 is 2.40 bits per heavy atom. The molecule has 0 aliphatic rings. The molecule has 0 fully saturated rings. The summed E-state index contributed by atoms with van der Waals surface area (Å²) >= 11 is 0. The van der Waals surface area contributed by atoms with Crippen LogP contribution < -0.4 is 26.8 Å². The molecule has 2 aromatic heterocycles. The molecule has 42 heavy (non-hydrogen) atoms. The van der Waals surface area contributed by atoms with Crippen molar-refractivity contribution in [3.8, 4) is 0 Å². The minimum absolute atomic E-state index is 0.122. The Balaban J connectivity index is 2.15. The van der Waals surface area contributed by atoms with Crippen molar-refractivity contribution >= 4 is 41.1 Å². The van der Waals surface area contributed by atoms with Crippen molar-refractivity contribution in [2.75, 3.05) is 25.5 Å². The molecule has 1 atom stereocenters. The molecule has 15 heteroatoms. The number of esters is 1. The predicted molar refractivity (Wildman–Crippen MR) is 150 cm³/mol. The summed E-state index contributed by atoms with van der Waals surface area (Å²) in [6.07, 6.45) is 5.10. The van der Waals surface area contributed by atoms with Crippen LogP contribution in [0.1, 0.15) is 50.0 Å². The van der Waals surface area contributed by atoms with Gasteiger partial charge in [-0.1, -0.05) is 26.7 Å². The van der Waals surface area contributed by atoms with E-state index >= 15 is 0 Å². The lowest BCUT2D eigenvalue weighted by molar-refractivity contribution is -0.143. The fourth-order valence-electron chi connectivity index (χ4n) is 3.81. The zero-order valence-corrected chi connectivity index (χ0v) is 24.1. The molecule has 0 aromatic carbocycles. The van der Waals surface area contributed by atoms with E-state index in [9.17, 15) is 33.6 Å². The number of methoxy groups -OCH3 is 1. The van der Waals surface area contributed by atoms with E-state index in [0.717, 1.165) is 24.5 Å².